The van der Waals surface area contributed by atoms with Crippen LogP contribution in [-0.4, -0.2) is 39.9 Å². The number of carbonyl (C=O) groups is 1. The zero-order valence-corrected chi connectivity index (χ0v) is 18.3. The van der Waals surface area contributed by atoms with Crippen molar-refractivity contribution in [1.29, 1.82) is 0 Å². The van der Waals surface area contributed by atoms with E-state index in [9.17, 15) is 13.2 Å². The van der Waals surface area contributed by atoms with Crippen molar-refractivity contribution in [3.63, 3.8) is 0 Å². The van der Waals surface area contributed by atoms with Gasteiger partial charge >= 0.3 is 5.97 Å². The second kappa shape index (κ2) is 8.41. The summed E-state index contributed by atoms with van der Waals surface area (Å²) in [5.41, 5.74) is 3.03. The van der Waals surface area contributed by atoms with E-state index in [0.717, 1.165) is 11.1 Å². The number of carboxylic acid groups (broad SMARTS) is 1. The van der Waals surface area contributed by atoms with Crippen LogP contribution in [0.15, 0.2) is 90.0 Å². The van der Waals surface area contributed by atoms with Gasteiger partial charge in [-0.25, -0.2) is 4.79 Å². The number of anilines is 1. The average molecular weight is 471 g/mol. The molecule has 0 saturated carbocycles. The highest BCUT2D eigenvalue weighted by molar-refractivity contribution is 7.92. The van der Waals surface area contributed by atoms with Crippen molar-refractivity contribution in [1.82, 2.24) is 20.4 Å². The molecule has 0 aliphatic heterocycles. The fourth-order valence-electron chi connectivity index (χ4n) is 3.65. The topological polar surface area (TPSA) is 138 Å². The number of hydrogen-bond donors (Lipinski definition) is 3. The maximum atomic E-state index is 13.4. The Balaban J connectivity index is 1.70. The minimum absolute atomic E-state index is 0.0454. The molecular formula is C24H17N5O4S. The Morgan fingerprint density at radius 1 is 0.824 bits per heavy atom. The Morgan fingerprint density at radius 3 is 2.06 bits per heavy atom. The molecule has 0 aliphatic carbocycles. The minimum atomic E-state index is -4.14. The van der Waals surface area contributed by atoms with Crippen LogP contribution in [0.5, 0.6) is 0 Å². The lowest BCUT2D eigenvalue weighted by atomic mass is 9.98. The second-order valence-corrected chi connectivity index (χ2v) is 9.01. The van der Waals surface area contributed by atoms with Crippen LogP contribution in [0.25, 0.3) is 33.4 Å². The molecule has 5 rings (SSSR count). The highest BCUT2D eigenvalue weighted by Crippen LogP contribution is 2.38. The Bertz CT molecular complexity index is 1600. The molecule has 2 aromatic heterocycles. The van der Waals surface area contributed by atoms with Gasteiger partial charge in [-0.2, -0.15) is 13.5 Å². The summed E-state index contributed by atoms with van der Waals surface area (Å²) in [4.78, 5) is 11.1. The summed E-state index contributed by atoms with van der Waals surface area (Å²) in [6.07, 6.45) is 0. The molecule has 0 spiro atoms. The first kappa shape index (κ1) is 21.3. The van der Waals surface area contributed by atoms with E-state index in [1.54, 1.807) is 0 Å². The van der Waals surface area contributed by atoms with E-state index in [1.807, 2.05) is 60.7 Å². The standard InChI is InChI=1S/C24H17N5O4S/c30-24(31)17-11-13-18(14-12-17)29-34(32,33)23-20-19(15-7-3-1-4-8-15)21(16-9-5-2-6-10-16)25-26-22(20)27-28-23/h1-14,29H,(H,30,31)(H,26,27,28). The maximum absolute atomic E-state index is 13.4. The van der Waals surface area contributed by atoms with Crippen molar-refractivity contribution in [3.05, 3.63) is 90.5 Å². The molecular weight excluding hydrogens is 454 g/mol. The molecule has 0 radical (unpaired) electrons. The van der Waals surface area contributed by atoms with Gasteiger partial charge in [0.1, 0.15) is 5.69 Å². The summed E-state index contributed by atoms with van der Waals surface area (Å²) in [6.45, 7) is 0. The molecule has 0 atom stereocenters. The van der Waals surface area contributed by atoms with Crippen LogP contribution in [0.3, 0.4) is 0 Å². The van der Waals surface area contributed by atoms with Crippen molar-refractivity contribution < 1.29 is 18.3 Å². The Hall–Kier alpha value is -4.57. The van der Waals surface area contributed by atoms with Crippen molar-refractivity contribution in [2.45, 2.75) is 5.03 Å². The number of fused-ring (bicyclic) bond motifs is 1. The summed E-state index contributed by atoms with van der Waals surface area (Å²) in [5.74, 6) is -1.10. The summed E-state index contributed by atoms with van der Waals surface area (Å²) in [5, 5.41) is 24.4. The third-order valence-corrected chi connectivity index (χ3v) is 6.55. The number of benzene rings is 3. The van der Waals surface area contributed by atoms with Crippen LogP contribution in [0, 0.1) is 0 Å². The molecule has 0 unspecified atom stereocenters. The van der Waals surface area contributed by atoms with Crippen molar-refractivity contribution in [2.24, 2.45) is 0 Å². The summed E-state index contributed by atoms with van der Waals surface area (Å²) >= 11 is 0. The van der Waals surface area contributed by atoms with Gasteiger partial charge in [0.25, 0.3) is 10.0 Å². The van der Waals surface area contributed by atoms with E-state index in [4.69, 9.17) is 5.11 Å². The fourth-order valence-corrected chi connectivity index (χ4v) is 4.82. The average Bonchev–Trinajstić information content (AvgIpc) is 3.30. The predicted molar refractivity (Wildman–Crippen MR) is 127 cm³/mol. The van der Waals surface area contributed by atoms with Crippen LogP contribution in [0.1, 0.15) is 10.4 Å². The fraction of sp³-hybridized carbons (Fsp3) is 0. The zero-order valence-electron chi connectivity index (χ0n) is 17.5. The van der Waals surface area contributed by atoms with E-state index >= 15 is 0 Å². The third-order valence-electron chi connectivity index (χ3n) is 5.21. The number of H-pyrrole nitrogens is 1. The maximum Gasteiger partial charge on any atom is 0.335 e. The molecule has 0 fully saturated rings. The molecule has 168 valence electrons. The number of aromatic carboxylic acids is 1. The molecule has 5 aromatic rings. The second-order valence-electron chi connectivity index (χ2n) is 7.39. The molecule has 0 aliphatic rings. The minimum Gasteiger partial charge on any atom is -0.478 e. The number of aromatic amines is 1. The van der Waals surface area contributed by atoms with Crippen LogP contribution in [-0.2, 0) is 10.0 Å². The van der Waals surface area contributed by atoms with Gasteiger partial charge in [-0.05, 0) is 29.8 Å². The van der Waals surface area contributed by atoms with Crippen molar-refractivity contribution in [3.8, 4) is 22.4 Å². The van der Waals surface area contributed by atoms with Crippen molar-refractivity contribution in [2.75, 3.05) is 4.72 Å². The lowest BCUT2D eigenvalue weighted by Crippen LogP contribution is -2.14. The van der Waals surface area contributed by atoms with Crippen LogP contribution < -0.4 is 4.72 Å². The smallest absolute Gasteiger partial charge is 0.335 e. The van der Waals surface area contributed by atoms with Gasteiger partial charge in [0.15, 0.2) is 5.03 Å². The lowest BCUT2D eigenvalue weighted by molar-refractivity contribution is 0.0697. The highest BCUT2D eigenvalue weighted by atomic mass is 32.2. The number of nitrogens with zero attached hydrogens (tertiary/aromatic N) is 3. The monoisotopic (exact) mass is 471 g/mol. The number of hydrogen-bond acceptors (Lipinski definition) is 6. The molecule has 0 bridgehead atoms. The van der Waals surface area contributed by atoms with Gasteiger partial charge in [0.05, 0.1) is 10.9 Å². The van der Waals surface area contributed by atoms with E-state index in [2.05, 4.69) is 25.1 Å². The molecule has 0 amide bonds. The molecule has 3 aromatic carbocycles. The van der Waals surface area contributed by atoms with Gasteiger partial charge < -0.3 is 5.11 Å². The van der Waals surface area contributed by atoms with E-state index in [0.29, 0.717) is 16.6 Å². The zero-order chi connectivity index (χ0) is 23.7. The molecule has 2 heterocycles. The number of carboxylic acids is 1. The van der Waals surface area contributed by atoms with Gasteiger partial charge in [-0.1, -0.05) is 60.7 Å². The summed E-state index contributed by atoms with van der Waals surface area (Å²) in [6, 6.07) is 24.1. The first-order valence-corrected chi connectivity index (χ1v) is 11.6. The highest BCUT2D eigenvalue weighted by Gasteiger charge is 2.27. The number of nitrogens with one attached hydrogen (secondary N) is 2. The normalized spacial score (nSPS) is 11.4. The Kier molecular flexibility index (Phi) is 5.27. The van der Waals surface area contributed by atoms with E-state index in [1.165, 1.54) is 24.3 Å². The van der Waals surface area contributed by atoms with Crippen LogP contribution in [0.4, 0.5) is 5.69 Å². The van der Waals surface area contributed by atoms with Gasteiger partial charge in [-0.15, -0.1) is 10.2 Å². The Morgan fingerprint density at radius 2 is 1.44 bits per heavy atom. The first-order chi connectivity index (χ1) is 16.4. The van der Waals surface area contributed by atoms with E-state index < -0.39 is 16.0 Å². The molecule has 3 N–H and O–H groups in total. The lowest BCUT2D eigenvalue weighted by Gasteiger charge is -2.12. The predicted octanol–water partition coefficient (Wildman–Crippen LogP) is 4.19. The number of aromatic nitrogens is 4. The Labute approximate surface area is 194 Å². The van der Waals surface area contributed by atoms with Gasteiger partial charge in [0, 0.05) is 16.8 Å². The van der Waals surface area contributed by atoms with Gasteiger partial charge in [-0.3, -0.25) is 9.82 Å². The quantitative estimate of drug-likeness (QED) is 0.338. The van der Waals surface area contributed by atoms with Gasteiger partial charge in [0.2, 0.25) is 5.65 Å². The summed E-state index contributed by atoms with van der Waals surface area (Å²) in [7, 11) is -4.14. The van der Waals surface area contributed by atoms with Crippen LogP contribution in [0.2, 0.25) is 0 Å². The van der Waals surface area contributed by atoms with E-state index in [-0.39, 0.29) is 21.9 Å². The molecule has 10 heteroatoms. The first-order valence-electron chi connectivity index (χ1n) is 10.2. The largest absolute Gasteiger partial charge is 0.478 e. The molecule has 34 heavy (non-hydrogen) atoms. The molecule has 0 saturated heterocycles. The SMILES string of the molecule is O=C(O)c1ccc(NS(=O)(=O)c2[nH]nc3nnc(-c4ccccc4)c(-c4ccccc4)c23)cc1. The van der Waals surface area contributed by atoms with Crippen LogP contribution >= 0.6 is 0 Å². The van der Waals surface area contributed by atoms with Crippen molar-refractivity contribution >= 4 is 32.7 Å². The number of sulfonamides is 1. The third kappa shape index (κ3) is 3.86. The number of rotatable bonds is 6. The molecule has 9 nitrogen and oxygen atoms in total. The summed E-state index contributed by atoms with van der Waals surface area (Å²) < 4.78 is 29.2.